The zero-order chi connectivity index (χ0) is 23.2. The van der Waals surface area contributed by atoms with Gasteiger partial charge in [-0.1, -0.05) is 6.92 Å². The van der Waals surface area contributed by atoms with Gasteiger partial charge in [0.15, 0.2) is 6.29 Å². The van der Waals surface area contributed by atoms with Crippen molar-refractivity contribution in [2.75, 3.05) is 19.0 Å². The molecular weight excluding hydrogens is 404 g/mol. The summed E-state index contributed by atoms with van der Waals surface area (Å²) in [5.74, 6) is 0.269. The molecule has 0 spiro atoms. The summed E-state index contributed by atoms with van der Waals surface area (Å²) in [6.45, 7) is 7.34. The van der Waals surface area contributed by atoms with E-state index in [1.807, 2.05) is 0 Å². The predicted molar refractivity (Wildman–Crippen MR) is 113 cm³/mol. The second-order valence-electron chi connectivity index (χ2n) is 8.20. The van der Waals surface area contributed by atoms with Gasteiger partial charge in [-0.05, 0) is 38.5 Å². The van der Waals surface area contributed by atoms with Crippen molar-refractivity contribution in [1.29, 1.82) is 0 Å². The summed E-state index contributed by atoms with van der Waals surface area (Å²) >= 11 is 0. The van der Waals surface area contributed by atoms with E-state index in [9.17, 15) is 19.5 Å². The minimum Gasteiger partial charge on any atom is -0.496 e. The van der Waals surface area contributed by atoms with Crippen molar-refractivity contribution in [1.82, 2.24) is 25.5 Å². The molecule has 0 saturated heterocycles. The van der Waals surface area contributed by atoms with Crippen LogP contribution in [0.3, 0.4) is 0 Å². The Morgan fingerprint density at radius 1 is 1.35 bits per heavy atom. The number of benzene rings is 1. The number of amides is 1. The Kier molecular flexibility index (Phi) is 7.67. The number of ether oxygens (including phenoxy) is 1. The Morgan fingerprint density at radius 2 is 2.06 bits per heavy atom. The fraction of sp³-hybridized carbons (Fsp3) is 0.500. The van der Waals surface area contributed by atoms with Crippen molar-refractivity contribution in [2.45, 2.75) is 45.7 Å². The average molecular weight is 432 g/mol. The second-order valence-corrected chi connectivity index (χ2v) is 8.20. The van der Waals surface area contributed by atoms with Gasteiger partial charge in [-0.25, -0.2) is 4.79 Å². The van der Waals surface area contributed by atoms with Crippen LogP contribution >= 0.6 is 0 Å². The highest BCUT2D eigenvalue weighted by molar-refractivity contribution is 5.87. The number of carboxylic acid groups (broad SMARTS) is 1. The van der Waals surface area contributed by atoms with Crippen molar-refractivity contribution in [3.8, 4) is 17.1 Å². The Hall–Kier alpha value is -3.50. The molecule has 2 atom stereocenters. The quantitative estimate of drug-likeness (QED) is 0.481. The summed E-state index contributed by atoms with van der Waals surface area (Å²) in [4.78, 5) is 36.1. The van der Waals surface area contributed by atoms with Crippen molar-refractivity contribution < 1.29 is 24.2 Å². The molecular formula is C20H28N6O5. The predicted octanol–water partition coefficient (Wildman–Crippen LogP) is 2.47. The molecule has 2 unspecified atom stereocenters. The third-order valence-corrected chi connectivity index (χ3v) is 4.78. The highest BCUT2D eigenvalue weighted by Gasteiger charge is 2.34. The van der Waals surface area contributed by atoms with Gasteiger partial charge in [-0.15, -0.1) is 10.2 Å². The monoisotopic (exact) mass is 432 g/mol. The minimum absolute atomic E-state index is 0.205. The lowest BCUT2D eigenvalue weighted by atomic mass is 9.96. The van der Waals surface area contributed by atoms with E-state index in [0.717, 1.165) is 6.29 Å². The SMILES string of the molecule is COc1cc(NCC(CC(C)C=O)N(C(=O)O)C(C)(C)C)c(-c2nn[nH]n2)cc1C=O. The van der Waals surface area contributed by atoms with E-state index in [0.29, 0.717) is 35.3 Å². The molecule has 0 aliphatic heterocycles. The lowest BCUT2D eigenvalue weighted by molar-refractivity contribution is -0.111. The summed E-state index contributed by atoms with van der Waals surface area (Å²) in [5.41, 5.74) is 0.653. The first kappa shape index (κ1) is 23.8. The number of anilines is 1. The van der Waals surface area contributed by atoms with E-state index in [1.54, 1.807) is 39.8 Å². The molecule has 0 saturated carbocycles. The molecule has 11 heteroatoms. The van der Waals surface area contributed by atoms with Crippen LogP contribution in [0.5, 0.6) is 5.75 Å². The lowest BCUT2D eigenvalue weighted by Crippen LogP contribution is -2.54. The third kappa shape index (κ3) is 5.77. The van der Waals surface area contributed by atoms with Crippen LogP contribution in [-0.2, 0) is 4.79 Å². The smallest absolute Gasteiger partial charge is 0.408 e. The van der Waals surface area contributed by atoms with Gasteiger partial charge in [0.25, 0.3) is 0 Å². The van der Waals surface area contributed by atoms with E-state index in [4.69, 9.17) is 4.74 Å². The van der Waals surface area contributed by atoms with Gasteiger partial charge in [0.1, 0.15) is 12.0 Å². The van der Waals surface area contributed by atoms with Crippen LogP contribution in [0.4, 0.5) is 10.5 Å². The summed E-state index contributed by atoms with van der Waals surface area (Å²) < 4.78 is 5.29. The molecule has 1 aromatic heterocycles. The first-order valence-electron chi connectivity index (χ1n) is 9.74. The first-order valence-corrected chi connectivity index (χ1v) is 9.74. The van der Waals surface area contributed by atoms with Gasteiger partial charge >= 0.3 is 6.09 Å². The maximum atomic E-state index is 12.0. The van der Waals surface area contributed by atoms with Gasteiger partial charge in [0, 0.05) is 35.3 Å². The Bertz CT molecular complexity index is 910. The number of aromatic amines is 1. The highest BCUT2D eigenvalue weighted by Crippen LogP contribution is 2.32. The van der Waals surface area contributed by atoms with Crippen LogP contribution in [0.25, 0.3) is 11.4 Å². The number of nitrogens with zero attached hydrogens (tertiary/aromatic N) is 4. The number of hydrogen-bond donors (Lipinski definition) is 3. The number of hydrogen-bond acceptors (Lipinski definition) is 8. The van der Waals surface area contributed by atoms with Crippen LogP contribution < -0.4 is 10.1 Å². The minimum atomic E-state index is -1.08. The maximum Gasteiger partial charge on any atom is 0.408 e. The van der Waals surface area contributed by atoms with Crippen LogP contribution in [0, 0.1) is 5.92 Å². The summed E-state index contributed by atoms with van der Waals surface area (Å²) in [6.07, 6.45) is 0.723. The van der Waals surface area contributed by atoms with E-state index < -0.39 is 17.7 Å². The molecule has 3 N–H and O–H groups in total. The molecule has 0 radical (unpaired) electrons. The molecule has 0 aliphatic carbocycles. The molecule has 2 rings (SSSR count). The van der Waals surface area contributed by atoms with Crippen molar-refractivity contribution in [3.05, 3.63) is 17.7 Å². The number of rotatable bonds is 10. The second kappa shape index (κ2) is 10.0. The topological polar surface area (TPSA) is 150 Å². The summed E-state index contributed by atoms with van der Waals surface area (Å²) in [7, 11) is 1.44. The zero-order valence-corrected chi connectivity index (χ0v) is 18.2. The van der Waals surface area contributed by atoms with Crippen LogP contribution in [0.2, 0.25) is 0 Å². The number of carbonyl (C=O) groups excluding carboxylic acids is 2. The molecule has 11 nitrogen and oxygen atoms in total. The highest BCUT2D eigenvalue weighted by atomic mass is 16.5. The molecule has 0 bridgehead atoms. The standard InChI is InChI=1S/C20H28N6O5/c1-12(10-27)6-14(26(19(29)30)20(2,3)4)9-21-16-8-17(31-5)13(11-28)7-15(16)18-22-24-25-23-18/h7-8,10-12,14,21H,6,9H2,1-5H3,(H,29,30)(H,22,23,24,25). The fourth-order valence-corrected chi connectivity index (χ4v) is 3.46. The van der Waals surface area contributed by atoms with E-state index in [-0.39, 0.29) is 18.3 Å². The van der Waals surface area contributed by atoms with Crippen LogP contribution in [0.15, 0.2) is 12.1 Å². The van der Waals surface area contributed by atoms with Crippen molar-refractivity contribution in [3.63, 3.8) is 0 Å². The number of H-pyrrole nitrogens is 1. The van der Waals surface area contributed by atoms with Crippen LogP contribution in [0.1, 0.15) is 44.5 Å². The number of aromatic nitrogens is 4. The summed E-state index contributed by atoms with van der Waals surface area (Å²) in [6, 6.07) is 2.69. The first-order chi connectivity index (χ1) is 14.6. The molecule has 0 fully saturated rings. The van der Waals surface area contributed by atoms with E-state index in [2.05, 4.69) is 25.9 Å². The largest absolute Gasteiger partial charge is 0.496 e. The number of nitrogens with one attached hydrogen (secondary N) is 2. The molecule has 2 aromatic rings. The van der Waals surface area contributed by atoms with Gasteiger partial charge < -0.3 is 20.0 Å². The van der Waals surface area contributed by atoms with Gasteiger partial charge in [-0.3, -0.25) is 9.69 Å². The van der Waals surface area contributed by atoms with Gasteiger partial charge in [0.05, 0.1) is 18.7 Å². The maximum absolute atomic E-state index is 12.0. The van der Waals surface area contributed by atoms with Crippen molar-refractivity contribution >= 4 is 24.4 Å². The van der Waals surface area contributed by atoms with Crippen molar-refractivity contribution in [2.24, 2.45) is 5.92 Å². The molecule has 1 amide bonds. The van der Waals surface area contributed by atoms with E-state index in [1.165, 1.54) is 12.0 Å². The normalized spacial score (nSPS) is 13.2. The summed E-state index contributed by atoms with van der Waals surface area (Å²) in [5, 5.41) is 26.9. The fourth-order valence-electron chi connectivity index (χ4n) is 3.46. The lowest BCUT2D eigenvalue weighted by Gasteiger charge is -2.40. The Balaban J connectivity index is 2.44. The number of methoxy groups -OCH3 is 1. The molecule has 168 valence electrons. The van der Waals surface area contributed by atoms with Crippen LogP contribution in [-0.4, -0.2) is 74.5 Å². The Morgan fingerprint density at radius 3 is 2.55 bits per heavy atom. The molecule has 31 heavy (non-hydrogen) atoms. The molecule has 1 heterocycles. The number of tetrazole rings is 1. The zero-order valence-electron chi connectivity index (χ0n) is 18.2. The van der Waals surface area contributed by atoms with Gasteiger partial charge in [0.2, 0.25) is 5.82 Å². The van der Waals surface area contributed by atoms with Gasteiger partial charge in [-0.2, -0.15) is 5.21 Å². The third-order valence-electron chi connectivity index (χ3n) is 4.78. The molecule has 1 aromatic carbocycles. The number of carbonyl (C=O) groups is 3. The average Bonchev–Trinajstić information content (AvgIpc) is 3.24. The Labute approximate surface area is 180 Å². The molecule has 0 aliphatic rings. The van der Waals surface area contributed by atoms with E-state index >= 15 is 0 Å². The number of aldehydes is 2.